The number of nitrogens with two attached hydrogens (primary N) is 1. The normalized spacial score (nSPS) is 20.5. The molecule has 0 radical (unpaired) electrons. The number of hydrogen-bond acceptors (Lipinski definition) is 2. The maximum Gasteiger partial charge on any atom is 0.222 e. The molecule has 0 aromatic heterocycles. The topological polar surface area (TPSA) is 46.3 Å². The van der Waals surface area contributed by atoms with Crippen LogP contribution in [0, 0.1) is 11.3 Å². The molecule has 2 N–H and O–H groups in total. The summed E-state index contributed by atoms with van der Waals surface area (Å²) in [5.74, 6) is 0.847. The fraction of sp³-hybridized carbons (Fsp3) is 0.588. The smallest absolute Gasteiger partial charge is 0.222 e. The Bertz CT molecular complexity index is 502. The van der Waals surface area contributed by atoms with E-state index >= 15 is 0 Å². The van der Waals surface area contributed by atoms with Crippen molar-refractivity contribution in [3.05, 3.63) is 28.2 Å². The number of nitrogen functional groups attached to an aromatic ring is 1. The first-order chi connectivity index (χ1) is 9.79. The van der Waals surface area contributed by atoms with E-state index in [1.165, 1.54) is 0 Å². The molecule has 3 nitrogen and oxygen atoms in total. The lowest BCUT2D eigenvalue weighted by atomic mass is 9.77. The maximum atomic E-state index is 12.4. The molecule has 1 atom stereocenters. The largest absolute Gasteiger partial charge is 0.398 e. The summed E-state index contributed by atoms with van der Waals surface area (Å²) in [5.41, 5.74) is 8.08. The third-order valence-electron chi connectivity index (χ3n) is 4.54. The molecular weight excluding hydrogens is 328 g/mol. The molecule has 0 aliphatic carbocycles. The summed E-state index contributed by atoms with van der Waals surface area (Å²) in [6.07, 6.45) is 2.70. The SMILES string of the molecule is CC(C)(C)C1CCC(=O)N(Cc2c(N)cccc2Br)CC1. The molecule has 21 heavy (non-hydrogen) atoms. The van der Waals surface area contributed by atoms with Gasteiger partial charge in [-0.15, -0.1) is 0 Å². The average Bonchev–Trinajstić information content (AvgIpc) is 2.56. The standard InChI is InChI=1S/C17H25BrN2O/c1-17(2,3)12-7-8-16(21)20(10-9-12)11-13-14(18)5-4-6-15(13)19/h4-6,12H,7-11,19H2,1-3H3. The number of halogens is 1. The molecule has 116 valence electrons. The Morgan fingerprint density at radius 3 is 2.67 bits per heavy atom. The molecule has 1 unspecified atom stereocenters. The fourth-order valence-electron chi connectivity index (χ4n) is 3.00. The van der Waals surface area contributed by atoms with Crippen LogP contribution >= 0.6 is 15.9 Å². The molecule has 1 aromatic carbocycles. The van der Waals surface area contributed by atoms with Gasteiger partial charge in [-0.25, -0.2) is 0 Å². The Balaban J connectivity index is 2.12. The fourth-order valence-corrected chi connectivity index (χ4v) is 3.51. The number of rotatable bonds is 2. The second-order valence-electron chi connectivity index (χ2n) is 7.01. The van der Waals surface area contributed by atoms with Crippen LogP contribution in [0.15, 0.2) is 22.7 Å². The van der Waals surface area contributed by atoms with Gasteiger partial charge >= 0.3 is 0 Å². The molecule has 0 spiro atoms. The van der Waals surface area contributed by atoms with Crippen molar-refractivity contribution in [2.75, 3.05) is 12.3 Å². The third-order valence-corrected chi connectivity index (χ3v) is 5.28. The van der Waals surface area contributed by atoms with E-state index in [4.69, 9.17) is 5.73 Å². The zero-order valence-electron chi connectivity index (χ0n) is 13.2. The second kappa shape index (κ2) is 6.39. The summed E-state index contributed by atoms with van der Waals surface area (Å²) >= 11 is 3.54. The predicted octanol–water partition coefficient (Wildman–Crippen LogP) is 4.21. The van der Waals surface area contributed by atoms with E-state index in [9.17, 15) is 4.79 Å². The highest BCUT2D eigenvalue weighted by Gasteiger charge is 2.30. The molecule has 1 aromatic rings. The van der Waals surface area contributed by atoms with Gasteiger partial charge in [-0.1, -0.05) is 42.8 Å². The van der Waals surface area contributed by atoms with Crippen LogP contribution in [0.1, 0.15) is 45.6 Å². The third kappa shape index (κ3) is 4.00. The van der Waals surface area contributed by atoms with Crippen molar-refractivity contribution in [2.24, 2.45) is 11.3 Å². The highest BCUT2D eigenvalue weighted by atomic mass is 79.9. The molecule has 2 rings (SSSR count). The number of carbonyl (C=O) groups is 1. The van der Waals surface area contributed by atoms with Gasteiger partial charge < -0.3 is 10.6 Å². The van der Waals surface area contributed by atoms with Gasteiger partial charge in [-0.05, 0) is 36.3 Å². The summed E-state index contributed by atoms with van der Waals surface area (Å²) in [6.45, 7) is 8.22. The van der Waals surface area contributed by atoms with Gasteiger partial charge in [0.25, 0.3) is 0 Å². The number of benzene rings is 1. The van der Waals surface area contributed by atoms with Gasteiger partial charge in [0.15, 0.2) is 0 Å². The number of carbonyl (C=O) groups excluding carboxylic acids is 1. The number of hydrogen-bond donors (Lipinski definition) is 1. The first-order valence-electron chi connectivity index (χ1n) is 7.59. The maximum absolute atomic E-state index is 12.4. The number of nitrogens with zero attached hydrogens (tertiary/aromatic N) is 1. The van der Waals surface area contributed by atoms with Crippen molar-refractivity contribution in [3.63, 3.8) is 0 Å². The Kier molecular flexibility index (Phi) is 4.97. The molecular formula is C17H25BrN2O. The first kappa shape index (κ1) is 16.3. The van der Waals surface area contributed by atoms with Gasteiger partial charge in [0.1, 0.15) is 0 Å². The van der Waals surface area contributed by atoms with Crippen molar-refractivity contribution in [1.82, 2.24) is 4.90 Å². The Labute approximate surface area is 136 Å². The van der Waals surface area contributed by atoms with Crippen molar-refractivity contribution >= 4 is 27.5 Å². The summed E-state index contributed by atoms with van der Waals surface area (Å²) in [6, 6.07) is 5.79. The Hall–Kier alpha value is -1.03. The molecule has 0 saturated carbocycles. The minimum atomic E-state index is 0.247. The lowest BCUT2D eigenvalue weighted by Gasteiger charge is -2.29. The molecule has 1 aliphatic rings. The van der Waals surface area contributed by atoms with E-state index in [-0.39, 0.29) is 11.3 Å². The first-order valence-corrected chi connectivity index (χ1v) is 8.39. The van der Waals surface area contributed by atoms with E-state index in [0.29, 0.717) is 18.9 Å². The van der Waals surface area contributed by atoms with Crippen LogP contribution in [-0.2, 0) is 11.3 Å². The van der Waals surface area contributed by atoms with Crippen LogP contribution in [0.3, 0.4) is 0 Å². The molecule has 1 fully saturated rings. The quantitative estimate of drug-likeness (QED) is 0.810. The van der Waals surface area contributed by atoms with Crippen molar-refractivity contribution < 1.29 is 4.79 Å². The second-order valence-corrected chi connectivity index (χ2v) is 7.87. The molecule has 1 amide bonds. The van der Waals surface area contributed by atoms with Crippen molar-refractivity contribution in [3.8, 4) is 0 Å². The van der Waals surface area contributed by atoms with Crippen LogP contribution in [0.5, 0.6) is 0 Å². The molecule has 1 aliphatic heterocycles. The van der Waals surface area contributed by atoms with Gasteiger partial charge in [-0.2, -0.15) is 0 Å². The molecule has 4 heteroatoms. The summed E-state index contributed by atoms with van der Waals surface area (Å²) in [7, 11) is 0. The van der Waals surface area contributed by atoms with Crippen molar-refractivity contribution in [1.29, 1.82) is 0 Å². The van der Waals surface area contributed by atoms with Crippen LogP contribution < -0.4 is 5.73 Å². The minimum Gasteiger partial charge on any atom is -0.398 e. The van der Waals surface area contributed by atoms with Crippen LogP contribution in [0.2, 0.25) is 0 Å². The zero-order chi connectivity index (χ0) is 15.6. The van der Waals surface area contributed by atoms with Gasteiger partial charge in [0, 0.05) is 35.2 Å². The number of amides is 1. The van der Waals surface area contributed by atoms with E-state index in [1.807, 2.05) is 23.1 Å². The Morgan fingerprint density at radius 2 is 2.05 bits per heavy atom. The van der Waals surface area contributed by atoms with Crippen LogP contribution in [-0.4, -0.2) is 17.4 Å². The lowest BCUT2D eigenvalue weighted by Crippen LogP contribution is -2.30. The minimum absolute atomic E-state index is 0.247. The number of likely N-dealkylation sites (tertiary alicyclic amines) is 1. The van der Waals surface area contributed by atoms with E-state index in [2.05, 4.69) is 36.7 Å². The monoisotopic (exact) mass is 352 g/mol. The van der Waals surface area contributed by atoms with Crippen molar-refractivity contribution in [2.45, 2.75) is 46.6 Å². The summed E-state index contributed by atoms with van der Waals surface area (Å²) in [5, 5.41) is 0. The summed E-state index contributed by atoms with van der Waals surface area (Å²) in [4.78, 5) is 14.3. The predicted molar refractivity (Wildman–Crippen MR) is 90.8 cm³/mol. The van der Waals surface area contributed by atoms with Crippen LogP contribution in [0.4, 0.5) is 5.69 Å². The summed E-state index contributed by atoms with van der Waals surface area (Å²) < 4.78 is 0.979. The van der Waals surface area contributed by atoms with E-state index < -0.39 is 0 Å². The van der Waals surface area contributed by atoms with Gasteiger partial charge in [-0.3, -0.25) is 4.79 Å². The van der Waals surface area contributed by atoms with Gasteiger partial charge in [0.2, 0.25) is 5.91 Å². The highest BCUT2D eigenvalue weighted by Crippen LogP contribution is 2.35. The molecule has 0 bridgehead atoms. The Morgan fingerprint density at radius 1 is 1.33 bits per heavy atom. The number of anilines is 1. The highest BCUT2D eigenvalue weighted by molar-refractivity contribution is 9.10. The lowest BCUT2D eigenvalue weighted by molar-refractivity contribution is -0.131. The average molecular weight is 353 g/mol. The zero-order valence-corrected chi connectivity index (χ0v) is 14.7. The molecule has 1 saturated heterocycles. The molecule has 1 heterocycles. The van der Waals surface area contributed by atoms with Crippen LogP contribution in [0.25, 0.3) is 0 Å². The van der Waals surface area contributed by atoms with Gasteiger partial charge in [0.05, 0.1) is 0 Å². The van der Waals surface area contributed by atoms with E-state index in [0.717, 1.165) is 35.1 Å². The van der Waals surface area contributed by atoms with E-state index in [1.54, 1.807) is 0 Å².